The Hall–Kier alpha value is -2.55. The maximum absolute atomic E-state index is 12.8. The average Bonchev–Trinajstić information content (AvgIpc) is 3.00. The van der Waals surface area contributed by atoms with E-state index in [1.165, 1.54) is 0 Å². The summed E-state index contributed by atoms with van der Waals surface area (Å²) in [6.07, 6.45) is 1.99. The fraction of sp³-hybridized carbons (Fsp3) is 0.211. The van der Waals surface area contributed by atoms with Crippen LogP contribution in [0.3, 0.4) is 0 Å². The second-order valence-electron chi connectivity index (χ2n) is 5.27. The van der Waals surface area contributed by atoms with E-state index in [0.717, 1.165) is 40.7 Å². The van der Waals surface area contributed by atoms with E-state index in [4.69, 9.17) is 0 Å². The number of amides is 1. The SMILES string of the molecule is CCN(CC)C(=O)c1ccccc1-c1c[nH]c2ccccc12. The van der Waals surface area contributed by atoms with Crippen molar-refractivity contribution in [3.8, 4) is 11.1 Å². The van der Waals surface area contributed by atoms with Crippen LogP contribution in [0.4, 0.5) is 0 Å². The van der Waals surface area contributed by atoms with Gasteiger partial charge in [-0.1, -0.05) is 36.4 Å². The molecule has 1 heterocycles. The summed E-state index contributed by atoms with van der Waals surface area (Å²) >= 11 is 0. The molecule has 0 saturated carbocycles. The number of aromatic amines is 1. The van der Waals surface area contributed by atoms with Crippen LogP contribution >= 0.6 is 0 Å². The molecule has 0 atom stereocenters. The minimum Gasteiger partial charge on any atom is -0.361 e. The summed E-state index contributed by atoms with van der Waals surface area (Å²) < 4.78 is 0. The maximum atomic E-state index is 12.8. The van der Waals surface area contributed by atoms with Crippen LogP contribution in [-0.2, 0) is 0 Å². The third-order valence-corrected chi connectivity index (χ3v) is 4.09. The van der Waals surface area contributed by atoms with Gasteiger partial charge in [-0.2, -0.15) is 0 Å². The van der Waals surface area contributed by atoms with Crippen LogP contribution in [0, 0.1) is 0 Å². The average molecular weight is 292 g/mol. The summed E-state index contributed by atoms with van der Waals surface area (Å²) in [6.45, 7) is 5.46. The number of hydrogen-bond acceptors (Lipinski definition) is 1. The zero-order valence-corrected chi connectivity index (χ0v) is 13.0. The molecular formula is C19H20N2O. The van der Waals surface area contributed by atoms with Gasteiger partial charge < -0.3 is 9.88 Å². The summed E-state index contributed by atoms with van der Waals surface area (Å²) in [7, 11) is 0. The van der Waals surface area contributed by atoms with E-state index < -0.39 is 0 Å². The van der Waals surface area contributed by atoms with Crippen LogP contribution in [0.1, 0.15) is 24.2 Å². The molecule has 0 bridgehead atoms. The lowest BCUT2D eigenvalue weighted by Gasteiger charge is -2.20. The predicted octanol–water partition coefficient (Wildman–Crippen LogP) is 4.32. The first-order valence-corrected chi connectivity index (χ1v) is 7.71. The van der Waals surface area contributed by atoms with E-state index in [2.05, 4.69) is 11.1 Å². The third kappa shape index (κ3) is 2.39. The molecule has 0 fully saturated rings. The molecule has 0 saturated heterocycles. The highest BCUT2D eigenvalue weighted by Gasteiger charge is 2.18. The number of hydrogen-bond donors (Lipinski definition) is 1. The number of fused-ring (bicyclic) bond motifs is 1. The lowest BCUT2D eigenvalue weighted by molar-refractivity contribution is 0.0774. The van der Waals surface area contributed by atoms with E-state index in [1.807, 2.05) is 67.4 Å². The van der Waals surface area contributed by atoms with Crippen molar-refractivity contribution in [2.75, 3.05) is 13.1 Å². The smallest absolute Gasteiger partial charge is 0.254 e. The molecule has 112 valence electrons. The van der Waals surface area contributed by atoms with Gasteiger partial charge in [-0.05, 0) is 31.5 Å². The minimum atomic E-state index is 0.0888. The van der Waals surface area contributed by atoms with E-state index in [-0.39, 0.29) is 5.91 Å². The molecule has 2 aromatic carbocycles. The van der Waals surface area contributed by atoms with Crippen molar-refractivity contribution in [1.82, 2.24) is 9.88 Å². The van der Waals surface area contributed by atoms with Gasteiger partial charge >= 0.3 is 0 Å². The Kier molecular flexibility index (Phi) is 3.96. The Morgan fingerprint density at radius 2 is 1.64 bits per heavy atom. The van der Waals surface area contributed by atoms with E-state index >= 15 is 0 Å². The molecule has 0 spiro atoms. The van der Waals surface area contributed by atoms with Gasteiger partial charge in [-0.3, -0.25) is 4.79 Å². The van der Waals surface area contributed by atoms with Crippen molar-refractivity contribution >= 4 is 16.8 Å². The van der Waals surface area contributed by atoms with Crippen molar-refractivity contribution in [3.63, 3.8) is 0 Å². The van der Waals surface area contributed by atoms with Crippen LogP contribution in [0.15, 0.2) is 54.7 Å². The van der Waals surface area contributed by atoms with Gasteiger partial charge in [0.05, 0.1) is 0 Å². The van der Waals surface area contributed by atoms with Gasteiger partial charge in [0.15, 0.2) is 0 Å². The molecule has 1 amide bonds. The van der Waals surface area contributed by atoms with Crippen LogP contribution in [0.2, 0.25) is 0 Å². The molecular weight excluding hydrogens is 272 g/mol. The first-order valence-electron chi connectivity index (χ1n) is 7.71. The Morgan fingerprint density at radius 1 is 0.955 bits per heavy atom. The quantitative estimate of drug-likeness (QED) is 0.764. The van der Waals surface area contributed by atoms with Crippen molar-refractivity contribution < 1.29 is 4.79 Å². The van der Waals surface area contributed by atoms with E-state index in [0.29, 0.717) is 0 Å². The Labute approximate surface area is 130 Å². The van der Waals surface area contributed by atoms with Crippen LogP contribution in [-0.4, -0.2) is 28.9 Å². The Morgan fingerprint density at radius 3 is 2.41 bits per heavy atom. The van der Waals surface area contributed by atoms with E-state index in [1.54, 1.807) is 0 Å². The van der Waals surface area contributed by atoms with Crippen LogP contribution in [0.25, 0.3) is 22.0 Å². The number of aromatic nitrogens is 1. The molecule has 1 N–H and O–H groups in total. The second-order valence-corrected chi connectivity index (χ2v) is 5.27. The van der Waals surface area contributed by atoms with Gasteiger partial charge in [-0.25, -0.2) is 0 Å². The number of rotatable bonds is 4. The van der Waals surface area contributed by atoms with Crippen LogP contribution in [0.5, 0.6) is 0 Å². The highest BCUT2D eigenvalue weighted by atomic mass is 16.2. The molecule has 1 aromatic heterocycles. The van der Waals surface area contributed by atoms with Crippen molar-refractivity contribution in [1.29, 1.82) is 0 Å². The molecule has 0 aliphatic carbocycles. The molecule has 0 unspecified atom stereocenters. The van der Waals surface area contributed by atoms with Crippen molar-refractivity contribution in [3.05, 3.63) is 60.3 Å². The Bertz CT molecular complexity index is 800. The fourth-order valence-corrected chi connectivity index (χ4v) is 2.88. The third-order valence-electron chi connectivity index (χ3n) is 4.09. The van der Waals surface area contributed by atoms with E-state index in [9.17, 15) is 4.79 Å². The zero-order chi connectivity index (χ0) is 15.5. The normalized spacial score (nSPS) is 10.8. The predicted molar refractivity (Wildman–Crippen MR) is 91.0 cm³/mol. The largest absolute Gasteiger partial charge is 0.361 e. The summed E-state index contributed by atoms with van der Waals surface area (Å²) in [4.78, 5) is 17.9. The lowest BCUT2D eigenvalue weighted by atomic mass is 9.98. The molecule has 3 heteroatoms. The number of nitrogens with one attached hydrogen (secondary N) is 1. The highest BCUT2D eigenvalue weighted by molar-refractivity contribution is 6.05. The lowest BCUT2D eigenvalue weighted by Crippen LogP contribution is -2.30. The van der Waals surface area contributed by atoms with Crippen molar-refractivity contribution in [2.45, 2.75) is 13.8 Å². The highest BCUT2D eigenvalue weighted by Crippen LogP contribution is 2.31. The zero-order valence-electron chi connectivity index (χ0n) is 13.0. The summed E-state index contributed by atoms with van der Waals surface area (Å²) in [6, 6.07) is 16.0. The number of benzene rings is 2. The van der Waals surface area contributed by atoms with Gasteiger partial charge in [0, 0.05) is 41.3 Å². The maximum Gasteiger partial charge on any atom is 0.254 e. The molecule has 22 heavy (non-hydrogen) atoms. The molecule has 0 aliphatic heterocycles. The van der Waals surface area contributed by atoms with Crippen LogP contribution < -0.4 is 0 Å². The summed E-state index contributed by atoms with van der Waals surface area (Å²) in [5.41, 5.74) is 3.90. The van der Waals surface area contributed by atoms with Crippen molar-refractivity contribution in [2.24, 2.45) is 0 Å². The molecule has 3 rings (SSSR count). The molecule has 0 radical (unpaired) electrons. The Balaban J connectivity index is 2.14. The fourth-order valence-electron chi connectivity index (χ4n) is 2.88. The number of para-hydroxylation sites is 1. The topological polar surface area (TPSA) is 36.1 Å². The van der Waals surface area contributed by atoms with Gasteiger partial charge in [0.25, 0.3) is 5.91 Å². The minimum absolute atomic E-state index is 0.0888. The number of carbonyl (C=O) groups excluding carboxylic acids is 1. The number of carbonyl (C=O) groups is 1. The second kappa shape index (κ2) is 6.06. The molecule has 3 aromatic rings. The first-order chi connectivity index (χ1) is 10.8. The number of nitrogens with zero attached hydrogens (tertiary/aromatic N) is 1. The monoisotopic (exact) mass is 292 g/mol. The van der Waals surface area contributed by atoms with Gasteiger partial charge in [-0.15, -0.1) is 0 Å². The summed E-state index contributed by atoms with van der Waals surface area (Å²) in [5.74, 6) is 0.0888. The molecule has 3 nitrogen and oxygen atoms in total. The summed E-state index contributed by atoms with van der Waals surface area (Å²) in [5, 5.41) is 1.14. The molecule has 0 aliphatic rings. The number of H-pyrrole nitrogens is 1. The first kappa shape index (κ1) is 14.4. The van der Waals surface area contributed by atoms with Gasteiger partial charge in [0.1, 0.15) is 0 Å². The van der Waals surface area contributed by atoms with Gasteiger partial charge in [0.2, 0.25) is 0 Å². The standard InChI is InChI=1S/C19H20N2O/c1-3-21(4-2)19(22)16-11-6-5-9-14(16)17-13-20-18-12-8-7-10-15(17)18/h5-13,20H,3-4H2,1-2H3.